The first-order valence-corrected chi connectivity index (χ1v) is 8.69. The molecule has 1 atom stereocenters. The zero-order chi connectivity index (χ0) is 21.3. The lowest BCUT2D eigenvalue weighted by atomic mass is 10.1. The number of alkyl halides is 4. The molecule has 0 aliphatic carbocycles. The van der Waals surface area contributed by atoms with Crippen LogP contribution in [0.5, 0.6) is 5.75 Å². The number of ether oxygens (including phenoxy) is 1. The summed E-state index contributed by atoms with van der Waals surface area (Å²) < 4.78 is 58.7. The van der Waals surface area contributed by atoms with Crippen LogP contribution in [0.25, 0.3) is 0 Å². The van der Waals surface area contributed by atoms with Gasteiger partial charge in [-0.1, -0.05) is 23.2 Å². The van der Waals surface area contributed by atoms with E-state index in [1.165, 1.54) is 24.4 Å². The van der Waals surface area contributed by atoms with Gasteiger partial charge in [-0.15, -0.1) is 0 Å². The monoisotopic (exact) mass is 454 g/mol. The van der Waals surface area contributed by atoms with Gasteiger partial charge in [0.25, 0.3) is 18.8 Å². The van der Waals surface area contributed by atoms with Crippen molar-refractivity contribution in [2.45, 2.75) is 31.7 Å². The van der Waals surface area contributed by atoms with Crippen molar-refractivity contribution in [1.29, 1.82) is 0 Å². The van der Waals surface area contributed by atoms with E-state index < -0.39 is 42.3 Å². The van der Waals surface area contributed by atoms with Crippen molar-refractivity contribution in [2.24, 2.45) is 5.10 Å². The molecule has 3 rings (SSSR count). The first kappa shape index (κ1) is 21.3. The van der Waals surface area contributed by atoms with Crippen molar-refractivity contribution in [3.05, 3.63) is 46.2 Å². The molecule has 0 bridgehead atoms. The Bertz CT molecular complexity index is 956. The molecular formula is C16H12Cl2F4N4O3. The summed E-state index contributed by atoms with van der Waals surface area (Å²) in [6.07, 6.45) is -6.61. The number of aromatic nitrogens is 2. The molecule has 1 amide bonds. The number of nitrogens with zero attached hydrogens (tertiary/aromatic N) is 4. The molecule has 1 aromatic carbocycles. The van der Waals surface area contributed by atoms with E-state index in [-0.39, 0.29) is 22.5 Å². The molecule has 156 valence electrons. The Morgan fingerprint density at radius 1 is 1.28 bits per heavy atom. The Balaban J connectivity index is 1.75. The number of rotatable bonds is 6. The van der Waals surface area contributed by atoms with Gasteiger partial charge in [0, 0.05) is 17.6 Å². The Morgan fingerprint density at radius 2 is 2.00 bits per heavy atom. The van der Waals surface area contributed by atoms with Gasteiger partial charge in [-0.05, 0) is 24.3 Å². The summed E-state index contributed by atoms with van der Waals surface area (Å²) in [5.74, 6) is -0.996. The lowest BCUT2D eigenvalue weighted by Crippen LogP contribution is -2.51. The third kappa shape index (κ3) is 4.31. The Labute approximate surface area is 171 Å². The molecule has 29 heavy (non-hydrogen) atoms. The Morgan fingerprint density at radius 3 is 2.62 bits per heavy atom. The number of carbonyl (C=O) groups is 1. The van der Waals surface area contributed by atoms with E-state index in [0.29, 0.717) is 5.02 Å². The lowest BCUT2D eigenvalue weighted by molar-refractivity contribution is -0.164. The minimum absolute atomic E-state index is 0.0667. The van der Waals surface area contributed by atoms with E-state index in [1.54, 1.807) is 0 Å². The summed E-state index contributed by atoms with van der Waals surface area (Å²) in [5.41, 5.74) is -4.62. The molecule has 2 aromatic rings. The SMILES string of the molecule is O=C(c1ccn(COc2ccc(Cl)cc2Cl)n1)N1N=C(C(F)F)C[C@@]1(O)C(F)F. The van der Waals surface area contributed by atoms with Crippen molar-refractivity contribution in [3.8, 4) is 5.75 Å². The first-order chi connectivity index (χ1) is 13.6. The van der Waals surface area contributed by atoms with E-state index in [0.717, 1.165) is 10.7 Å². The fraction of sp³-hybridized carbons (Fsp3) is 0.312. The molecule has 1 N–H and O–H groups in total. The third-order valence-corrected chi connectivity index (χ3v) is 4.47. The summed E-state index contributed by atoms with van der Waals surface area (Å²) >= 11 is 11.7. The fourth-order valence-electron chi connectivity index (χ4n) is 2.49. The van der Waals surface area contributed by atoms with Crippen LogP contribution in [0.3, 0.4) is 0 Å². The molecule has 1 aromatic heterocycles. The van der Waals surface area contributed by atoms with Gasteiger partial charge in [0.05, 0.1) is 5.02 Å². The van der Waals surface area contributed by atoms with Gasteiger partial charge in [0.15, 0.2) is 12.4 Å². The third-order valence-electron chi connectivity index (χ3n) is 3.94. The normalized spacial score (nSPS) is 19.2. The number of aliphatic hydroxyl groups is 1. The topological polar surface area (TPSA) is 80.0 Å². The molecule has 2 heterocycles. The lowest BCUT2D eigenvalue weighted by Gasteiger charge is -2.29. The van der Waals surface area contributed by atoms with Gasteiger partial charge in [0.1, 0.15) is 11.5 Å². The molecule has 0 fully saturated rings. The quantitative estimate of drug-likeness (QED) is 0.675. The second kappa shape index (κ2) is 8.17. The zero-order valence-corrected chi connectivity index (χ0v) is 15.8. The van der Waals surface area contributed by atoms with E-state index in [1.807, 2.05) is 0 Å². The molecule has 1 aliphatic heterocycles. The maximum atomic E-state index is 13.2. The number of hydrogen-bond acceptors (Lipinski definition) is 5. The Hall–Kier alpha value is -2.37. The van der Waals surface area contributed by atoms with Crippen LogP contribution < -0.4 is 4.74 Å². The van der Waals surface area contributed by atoms with Crippen LogP contribution in [0.15, 0.2) is 35.6 Å². The maximum absolute atomic E-state index is 13.2. The highest BCUT2D eigenvalue weighted by Crippen LogP contribution is 2.34. The molecule has 7 nitrogen and oxygen atoms in total. The van der Waals surface area contributed by atoms with E-state index in [4.69, 9.17) is 27.9 Å². The van der Waals surface area contributed by atoms with Gasteiger partial charge in [-0.3, -0.25) is 4.79 Å². The summed E-state index contributed by atoms with van der Waals surface area (Å²) in [6, 6.07) is 5.64. The van der Waals surface area contributed by atoms with Crippen LogP contribution in [0, 0.1) is 0 Å². The van der Waals surface area contributed by atoms with Crippen LogP contribution in [-0.2, 0) is 6.73 Å². The van der Waals surface area contributed by atoms with E-state index in [9.17, 15) is 27.5 Å². The second-order valence-electron chi connectivity index (χ2n) is 5.95. The number of hydrazone groups is 1. The van der Waals surface area contributed by atoms with Gasteiger partial charge in [-0.25, -0.2) is 22.2 Å². The molecule has 0 radical (unpaired) electrons. The maximum Gasteiger partial charge on any atom is 0.297 e. The molecule has 13 heteroatoms. The van der Waals surface area contributed by atoms with E-state index in [2.05, 4.69) is 10.2 Å². The fourth-order valence-corrected chi connectivity index (χ4v) is 2.95. The molecule has 0 spiro atoms. The van der Waals surface area contributed by atoms with Crippen LogP contribution in [0.4, 0.5) is 17.6 Å². The zero-order valence-electron chi connectivity index (χ0n) is 14.3. The van der Waals surface area contributed by atoms with E-state index >= 15 is 0 Å². The van der Waals surface area contributed by atoms with Crippen molar-refractivity contribution >= 4 is 34.8 Å². The van der Waals surface area contributed by atoms with Crippen LogP contribution in [-0.4, -0.2) is 50.1 Å². The van der Waals surface area contributed by atoms with Crippen LogP contribution >= 0.6 is 23.2 Å². The van der Waals surface area contributed by atoms with Gasteiger partial charge < -0.3 is 9.84 Å². The first-order valence-electron chi connectivity index (χ1n) is 7.93. The molecule has 0 saturated carbocycles. The second-order valence-corrected chi connectivity index (χ2v) is 6.80. The molecule has 0 unspecified atom stereocenters. The van der Waals surface area contributed by atoms with Gasteiger partial charge in [0.2, 0.25) is 5.72 Å². The minimum atomic E-state index is -3.52. The number of benzene rings is 1. The van der Waals surface area contributed by atoms with Crippen molar-refractivity contribution < 1.29 is 32.2 Å². The average Bonchev–Trinajstić information content (AvgIpc) is 3.26. The van der Waals surface area contributed by atoms with Crippen LogP contribution in [0.2, 0.25) is 10.0 Å². The van der Waals surface area contributed by atoms with Gasteiger partial charge >= 0.3 is 0 Å². The van der Waals surface area contributed by atoms with Crippen molar-refractivity contribution in [2.75, 3.05) is 0 Å². The van der Waals surface area contributed by atoms with Crippen molar-refractivity contribution in [3.63, 3.8) is 0 Å². The summed E-state index contributed by atoms with van der Waals surface area (Å²) in [6.45, 7) is -0.209. The molecule has 0 saturated heterocycles. The van der Waals surface area contributed by atoms with Gasteiger partial charge in [-0.2, -0.15) is 15.2 Å². The predicted molar refractivity (Wildman–Crippen MR) is 94.5 cm³/mol. The molecular weight excluding hydrogens is 443 g/mol. The molecule has 1 aliphatic rings. The number of halogens is 6. The number of hydrogen-bond donors (Lipinski definition) is 1. The Kier molecular flexibility index (Phi) is 6.01. The van der Waals surface area contributed by atoms with Crippen molar-refractivity contribution in [1.82, 2.24) is 14.8 Å². The highest BCUT2D eigenvalue weighted by Gasteiger charge is 2.53. The highest BCUT2D eigenvalue weighted by molar-refractivity contribution is 6.35. The minimum Gasteiger partial charge on any atom is -0.470 e. The largest absolute Gasteiger partial charge is 0.470 e. The summed E-state index contributed by atoms with van der Waals surface area (Å²) in [4.78, 5) is 12.4. The highest BCUT2D eigenvalue weighted by atomic mass is 35.5. The summed E-state index contributed by atoms with van der Waals surface area (Å²) in [5, 5.41) is 17.6. The van der Waals surface area contributed by atoms with Crippen LogP contribution in [0.1, 0.15) is 16.9 Å². The number of carbonyl (C=O) groups excluding carboxylic acids is 1. The smallest absolute Gasteiger partial charge is 0.297 e. The predicted octanol–water partition coefficient (Wildman–Crippen LogP) is 3.65. The average molecular weight is 455 g/mol. The number of amides is 1. The standard InChI is InChI=1S/C16H12Cl2F4N4O3/c17-8-1-2-12(9(18)5-8)29-7-25-4-3-10(23-25)14(27)26-16(28,15(21)22)6-11(24-26)13(19)20/h1-5,13,15,28H,6-7H2/t16-/m1/s1. The summed E-state index contributed by atoms with van der Waals surface area (Å²) in [7, 11) is 0.